The van der Waals surface area contributed by atoms with E-state index >= 15 is 0 Å². The molecule has 2 aromatic rings. The van der Waals surface area contributed by atoms with Gasteiger partial charge in [-0.05, 0) is 37.0 Å². The summed E-state index contributed by atoms with van der Waals surface area (Å²) in [5.74, 6) is 0.843. The molecule has 1 fully saturated rings. The van der Waals surface area contributed by atoms with Gasteiger partial charge in [-0.2, -0.15) is 0 Å². The number of nitrogens with zero attached hydrogens (tertiary/aromatic N) is 1. The van der Waals surface area contributed by atoms with Crippen LogP contribution in [0.25, 0.3) is 0 Å². The van der Waals surface area contributed by atoms with Crippen LogP contribution in [0.5, 0.6) is 5.75 Å². The van der Waals surface area contributed by atoms with Crippen molar-refractivity contribution in [2.75, 3.05) is 6.61 Å². The highest BCUT2D eigenvalue weighted by Crippen LogP contribution is 2.16. The van der Waals surface area contributed by atoms with Crippen LogP contribution in [0.4, 0.5) is 0 Å². The van der Waals surface area contributed by atoms with Crippen molar-refractivity contribution in [2.45, 2.75) is 38.4 Å². The summed E-state index contributed by atoms with van der Waals surface area (Å²) in [7, 11) is 0. The third-order valence-corrected chi connectivity index (χ3v) is 3.99. The third-order valence-electron chi connectivity index (χ3n) is 3.76. The Hall–Kier alpha value is -1.85. The normalized spacial score (nSPS) is 17.9. The van der Waals surface area contributed by atoms with Crippen LogP contribution in [0.2, 0.25) is 5.02 Å². The lowest BCUT2D eigenvalue weighted by Gasteiger charge is -2.22. The van der Waals surface area contributed by atoms with Gasteiger partial charge in [0, 0.05) is 17.9 Å². The molecular weight excluding hydrogens is 316 g/mol. The molecule has 1 aliphatic heterocycles. The average molecular weight is 335 g/mol. The van der Waals surface area contributed by atoms with E-state index in [1.165, 1.54) is 6.20 Å². The predicted molar refractivity (Wildman–Crippen MR) is 87.9 cm³/mol. The summed E-state index contributed by atoms with van der Waals surface area (Å²) in [6.45, 7) is 0.674. The van der Waals surface area contributed by atoms with Crippen LogP contribution >= 0.6 is 11.6 Å². The quantitative estimate of drug-likeness (QED) is 0.912. The molecule has 1 atom stereocenters. The monoisotopic (exact) mass is 334 g/mol. The summed E-state index contributed by atoms with van der Waals surface area (Å²) in [6, 6.07) is 7.67. The van der Waals surface area contributed by atoms with E-state index < -0.39 is 0 Å². The molecule has 0 bridgehead atoms. The molecule has 1 aromatic heterocycles. The van der Waals surface area contributed by atoms with Gasteiger partial charge in [-0.3, -0.25) is 4.79 Å². The number of hydrogen-bond acceptors (Lipinski definition) is 4. The first-order chi connectivity index (χ1) is 11.2. The number of aromatic nitrogens is 2. The molecule has 1 aliphatic rings. The van der Waals surface area contributed by atoms with Gasteiger partial charge < -0.3 is 14.5 Å². The van der Waals surface area contributed by atoms with E-state index in [2.05, 4.69) is 9.97 Å². The fraction of sp³-hybridized carbons (Fsp3) is 0.412. The minimum atomic E-state index is -0.344. The Bertz CT molecular complexity index is 711. The maximum atomic E-state index is 12.1. The number of H-pyrrole nitrogens is 1. The topological polar surface area (TPSA) is 64.2 Å². The fourth-order valence-electron chi connectivity index (χ4n) is 2.53. The fourth-order valence-corrected chi connectivity index (χ4v) is 2.74. The highest BCUT2D eigenvalue weighted by atomic mass is 35.5. The van der Waals surface area contributed by atoms with Gasteiger partial charge >= 0.3 is 0 Å². The lowest BCUT2D eigenvalue weighted by atomic mass is 10.1. The molecule has 3 rings (SSSR count). The second kappa shape index (κ2) is 7.62. The van der Waals surface area contributed by atoms with Crippen LogP contribution in [0.3, 0.4) is 0 Å². The Morgan fingerprint density at radius 2 is 2.26 bits per heavy atom. The summed E-state index contributed by atoms with van der Waals surface area (Å²) in [5, 5.41) is 0.709. The smallest absolute Gasteiger partial charge is 0.293 e. The van der Waals surface area contributed by atoms with Crippen molar-refractivity contribution in [3.8, 4) is 5.75 Å². The molecule has 5 nitrogen and oxygen atoms in total. The minimum Gasteiger partial charge on any atom is -0.458 e. The zero-order valence-electron chi connectivity index (χ0n) is 12.8. The highest BCUT2D eigenvalue weighted by Gasteiger charge is 2.17. The zero-order chi connectivity index (χ0) is 16.1. The molecule has 0 amide bonds. The summed E-state index contributed by atoms with van der Waals surface area (Å²) in [6.07, 6.45) is 5.42. The number of nitrogens with one attached hydrogen (secondary N) is 1. The molecule has 0 radical (unpaired) electrons. The molecule has 1 N–H and O–H groups in total. The van der Waals surface area contributed by atoms with Gasteiger partial charge in [0.2, 0.25) is 5.75 Å². The lowest BCUT2D eigenvalue weighted by Crippen LogP contribution is -2.28. The molecular formula is C17H19ClN2O3. The molecule has 0 saturated carbocycles. The van der Waals surface area contributed by atoms with Crippen LogP contribution in [-0.2, 0) is 17.6 Å². The van der Waals surface area contributed by atoms with E-state index in [9.17, 15) is 4.79 Å². The van der Waals surface area contributed by atoms with Crippen LogP contribution in [-0.4, -0.2) is 22.9 Å². The van der Waals surface area contributed by atoms with E-state index in [0.29, 0.717) is 23.9 Å². The van der Waals surface area contributed by atoms with Gasteiger partial charge in [-0.1, -0.05) is 23.7 Å². The van der Waals surface area contributed by atoms with Crippen molar-refractivity contribution < 1.29 is 9.47 Å². The maximum Gasteiger partial charge on any atom is 0.293 e. The van der Waals surface area contributed by atoms with Gasteiger partial charge in [0.05, 0.1) is 12.8 Å². The molecule has 1 saturated heterocycles. The molecule has 6 heteroatoms. The van der Waals surface area contributed by atoms with E-state index in [1.807, 2.05) is 24.3 Å². The van der Waals surface area contributed by atoms with Gasteiger partial charge in [0.15, 0.2) is 6.29 Å². The Morgan fingerprint density at radius 3 is 3.00 bits per heavy atom. The van der Waals surface area contributed by atoms with E-state index in [1.54, 1.807) is 0 Å². The first-order valence-electron chi connectivity index (χ1n) is 7.81. The van der Waals surface area contributed by atoms with Crippen molar-refractivity contribution in [1.82, 2.24) is 9.97 Å². The summed E-state index contributed by atoms with van der Waals surface area (Å²) in [5.41, 5.74) is 0.839. The van der Waals surface area contributed by atoms with Gasteiger partial charge in [-0.15, -0.1) is 0 Å². The van der Waals surface area contributed by atoms with Crippen LogP contribution in [0.1, 0.15) is 30.7 Å². The molecule has 1 aromatic carbocycles. The summed E-state index contributed by atoms with van der Waals surface area (Å²) in [4.78, 5) is 19.1. The van der Waals surface area contributed by atoms with Gasteiger partial charge in [0.1, 0.15) is 5.82 Å². The van der Waals surface area contributed by atoms with Crippen molar-refractivity contribution in [1.29, 1.82) is 0 Å². The van der Waals surface area contributed by atoms with Crippen molar-refractivity contribution in [2.24, 2.45) is 0 Å². The van der Waals surface area contributed by atoms with Crippen molar-refractivity contribution >= 4 is 11.6 Å². The lowest BCUT2D eigenvalue weighted by molar-refractivity contribution is -0.106. The van der Waals surface area contributed by atoms with E-state index in [0.717, 1.165) is 31.2 Å². The molecule has 1 unspecified atom stereocenters. The molecule has 0 spiro atoms. The molecule has 23 heavy (non-hydrogen) atoms. The second-order valence-electron chi connectivity index (χ2n) is 5.57. The van der Waals surface area contributed by atoms with Crippen molar-refractivity contribution in [3.05, 3.63) is 57.2 Å². The second-order valence-corrected chi connectivity index (χ2v) is 6.00. The number of ether oxygens (including phenoxy) is 2. The first-order valence-corrected chi connectivity index (χ1v) is 8.19. The van der Waals surface area contributed by atoms with Gasteiger partial charge in [0.25, 0.3) is 5.56 Å². The SMILES string of the molecule is O=c1[nH]c(CCc2cccc(Cl)c2)ncc1OC1CCCCO1. The largest absolute Gasteiger partial charge is 0.458 e. The van der Waals surface area contributed by atoms with Gasteiger partial charge in [-0.25, -0.2) is 4.98 Å². The number of aryl methyl sites for hydroxylation is 2. The number of benzene rings is 1. The van der Waals surface area contributed by atoms with Crippen LogP contribution < -0.4 is 10.3 Å². The summed E-state index contributed by atoms with van der Waals surface area (Å²) >= 11 is 5.96. The standard InChI is InChI=1S/C17H19ClN2O3/c18-13-5-3-4-12(10-13)7-8-15-19-11-14(17(21)20-15)23-16-6-1-2-9-22-16/h3-5,10-11,16H,1-2,6-9H2,(H,19,20,21). The molecule has 0 aliphatic carbocycles. The van der Waals surface area contributed by atoms with Crippen LogP contribution in [0, 0.1) is 0 Å². The number of rotatable bonds is 5. The molecule has 122 valence electrons. The third kappa shape index (κ3) is 4.56. The Morgan fingerprint density at radius 1 is 1.35 bits per heavy atom. The number of hydrogen-bond donors (Lipinski definition) is 1. The Kier molecular flexibility index (Phi) is 5.31. The zero-order valence-corrected chi connectivity index (χ0v) is 13.5. The van der Waals surface area contributed by atoms with Crippen LogP contribution in [0.15, 0.2) is 35.3 Å². The van der Waals surface area contributed by atoms with E-state index in [4.69, 9.17) is 21.1 Å². The molecule has 2 heterocycles. The minimum absolute atomic E-state index is 0.211. The highest BCUT2D eigenvalue weighted by molar-refractivity contribution is 6.30. The van der Waals surface area contributed by atoms with E-state index in [-0.39, 0.29) is 17.6 Å². The summed E-state index contributed by atoms with van der Waals surface area (Å²) < 4.78 is 11.0. The average Bonchev–Trinajstić information content (AvgIpc) is 2.56. The number of aromatic amines is 1. The Balaban J connectivity index is 1.61. The Labute approximate surface area is 139 Å². The predicted octanol–water partition coefficient (Wildman–Crippen LogP) is 3.11. The van der Waals surface area contributed by atoms with Crippen molar-refractivity contribution in [3.63, 3.8) is 0 Å². The first kappa shape index (κ1) is 16.0. The number of halogens is 1. The maximum absolute atomic E-state index is 12.1.